The van der Waals surface area contributed by atoms with Gasteiger partial charge in [-0.05, 0) is 23.3 Å². The van der Waals surface area contributed by atoms with Crippen LogP contribution in [0.2, 0.25) is 0 Å². The summed E-state index contributed by atoms with van der Waals surface area (Å²) in [5, 5.41) is 21.6. The lowest BCUT2D eigenvalue weighted by Gasteiger charge is -2.36. The van der Waals surface area contributed by atoms with E-state index in [0.29, 0.717) is 0 Å². The molecule has 0 fully saturated rings. The highest BCUT2D eigenvalue weighted by atomic mass is 16.3. The number of aromatic hydroxyl groups is 2. The SMILES string of the molecule is CC(C)(c1ccccc1)c1c(O)ccc(O)c1C(C)(C)c1ccccc1. The summed E-state index contributed by atoms with van der Waals surface area (Å²) in [4.78, 5) is 0. The van der Waals surface area contributed by atoms with Crippen molar-refractivity contribution in [2.45, 2.75) is 38.5 Å². The topological polar surface area (TPSA) is 40.5 Å². The highest BCUT2D eigenvalue weighted by Gasteiger charge is 2.37. The minimum atomic E-state index is -0.467. The Labute approximate surface area is 155 Å². The lowest BCUT2D eigenvalue weighted by molar-refractivity contribution is 0.420. The van der Waals surface area contributed by atoms with E-state index < -0.39 is 10.8 Å². The van der Waals surface area contributed by atoms with Gasteiger partial charge in [-0.25, -0.2) is 0 Å². The molecule has 0 atom stereocenters. The standard InChI is InChI=1S/C24H26O2/c1-23(2,17-11-7-5-8-12-17)21-19(25)15-16-20(26)22(21)24(3,4)18-13-9-6-10-14-18/h5-16,25-26H,1-4H3. The van der Waals surface area contributed by atoms with E-state index in [1.165, 1.54) is 0 Å². The van der Waals surface area contributed by atoms with E-state index in [1.807, 2.05) is 36.4 Å². The molecule has 0 aliphatic rings. The average molecular weight is 346 g/mol. The Kier molecular flexibility index (Phi) is 4.53. The van der Waals surface area contributed by atoms with Crippen molar-refractivity contribution in [3.8, 4) is 11.5 Å². The lowest BCUT2D eigenvalue weighted by atomic mass is 9.67. The smallest absolute Gasteiger partial charge is 0.120 e. The van der Waals surface area contributed by atoms with Gasteiger partial charge < -0.3 is 10.2 Å². The maximum atomic E-state index is 10.8. The second-order valence-corrected chi connectivity index (χ2v) is 7.84. The van der Waals surface area contributed by atoms with Crippen molar-refractivity contribution in [2.24, 2.45) is 0 Å². The predicted octanol–water partition coefficient (Wildman–Crippen LogP) is 5.75. The summed E-state index contributed by atoms with van der Waals surface area (Å²) in [7, 11) is 0. The van der Waals surface area contributed by atoms with Crippen molar-refractivity contribution in [1.29, 1.82) is 0 Å². The first-order valence-corrected chi connectivity index (χ1v) is 8.93. The molecule has 3 aromatic carbocycles. The first-order valence-electron chi connectivity index (χ1n) is 8.93. The molecular weight excluding hydrogens is 320 g/mol. The molecule has 0 bridgehead atoms. The van der Waals surface area contributed by atoms with Crippen molar-refractivity contribution in [1.82, 2.24) is 0 Å². The third-order valence-corrected chi connectivity index (χ3v) is 5.40. The van der Waals surface area contributed by atoms with Crippen LogP contribution in [-0.4, -0.2) is 10.2 Å². The Morgan fingerprint density at radius 2 is 0.808 bits per heavy atom. The molecule has 2 N–H and O–H groups in total. The number of hydrogen-bond acceptors (Lipinski definition) is 2. The maximum Gasteiger partial charge on any atom is 0.120 e. The minimum absolute atomic E-state index is 0.204. The summed E-state index contributed by atoms with van der Waals surface area (Å²) in [6.07, 6.45) is 0. The zero-order valence-electron chi connectivity index (χ0n) is 15.8. The van der Waals surface area contributed by atoms with Crippen LogP contribution in [0.4, 0.5) is 0 Å². The van der Waals surface area contributed by atoms with Crippen molar-refractivity contribution in [3.63, 3.8) is 0 Å². The Morgan fingerprint density at radius 1 is 0.500 bits per heavy atom. The minimum Gasteiger partial charge on any atom is -0.508 e. The highest BCUT2D eigenvalue weighted by molar-refractivity contribution is 5.59. The van der Waals surface area contributed by atoms with Gasteiger partial charge >= 0.3 is 0 Å². The van der Waals surface area contributed by atoms with E-state index in [0.717, 1.165) is 22.3 Å². The summed E-state index contributed by atoms with van der Waals surface area (Å²) >= 11 is 0. The first kappa shape index (κ1) is 18.1. The number of rotatable bonds is 4. The molecule has 0 aliphatic carbocycles. The van der Waals surface area contributed by atoms with Crippen LogP contribution >= 0.6 is 0 Å². The molecule has 0 spiro atoms. The van der Waals surface area contributed by atoms with Gasteiger partial charge in [-0.1, -0.05) is 88.4 Å². The van der Waals surface area contributed by atoms with Gasteiger partial charge in [0.25, 0.3) is 0 Å². The molecule has 2 nitrogen and oxygen atoms in total. The van der Waals surface area contributed by atoms with E-state index in [9.17, 15) is 10.2 Å². The van der Waals surface area contributed by atoms with Crippen LogP contribution in [0, 0.1) is 0 Å². The van der Waals surface area contributed by atoms with E-state index in [4.69, 9.17) is 0 Å². The van der Waals surface area contributed by atoms with Gasteiger partial charge in [-0.15, -0.1) is 0 Å². The molecule has 0 heterocycles. The molecule has 0 amide bonds. The number of phenols is 2. The fourth-order valence-electron chi connectivity index (χ4n) is 3.84. The fourth-order valence-corrected chi connectivity index (χ4v) is 3.84. The van der Waals surface area contributed by atoms with E-state index in [-0.39, 0.29) is 11.5 Å². The molecule has 0 saturated carbocycles. The summed E-state index contributed by atoms with van der Waals surface area (Å²) < 4.78 is 0. The van der Waals surface area contributed by atoms with Crippen LogP contribution in [0.15, 0.2) is 72.8 Å². The molecule has 2 heteroatoms. The van der Waals surface area contributed by atoms with Crippen molar-refractivity contribution in [3.05, 3.63) is 95.1 Å². The Morgan fingerprint density at radius 3 is 1.12 bits per heavy atom. The third kappa shape index (κ3) is 2.96. The Balaban J connectivity index is 2.30. The summed E-state index contributed by atoms with van der Waals surface area (Å²) in [5.74, 6) is 0.409. The summed E-state index contributed by atoms with van der Waals surface area (Å²) in [6.45, 7) is 8.34. The van der Waals surface area contributed by atoms with Gasteiger partial charge in [0, 0.05) is 22.0 Å². The van der Waals surface area contributed by atoms with Crippen LogP contribution < -0.4 is 0 Å². The van der Waals surface area contributed by atoms with Crippen LogP contribution in [0.3, 0.4) is 0 Å². The van der Waals surface area contributed by atoms with Gasteiger partial charge in [-0.3, -0.25) is 0 Å². The molecule has 26 heavy (non-hydrogen) atoms. The van der Waals surface area contributed by atoms with Crippen LogP contribution in [-0.2, 0) is 10.8 Å². The van der Waals surface area contributed by atoms with Gasteiger partial charge in [0.2, 0.25) is 0 Å². The maximum absolute atomic E-state index is 10.8. The average Bonchev–Trinajstić information content (AvgIpc) is 2.64. The zero-order chi connectivity index (χ0) is 18.9. The number of benzene rings is 3. The normalized spacial score (nSPS) is 12.2. The molecule has 0 radical (unpaired) electrons. The second-order valence-electron chi connectivity index (χ2n) is 7.84. The van der Waals surface area contributed by atoms with Crippen LogP contribution in [0.25, 0.3) is 0 Å². The van der Waals surface area contributed by atoms with Crippen molar-refractivity contribution >= 4 is 0 Å². The van der Waals surface area contributed by atoms with E-state index in [2.05, 4.69) is 52.0 Å². The lowest BCUT2D eigenvalue weighted by Crippen LogP contribution is -2.28. The molecule has 0 aliphatic heterocycles. The number of hydrogen-bond donors (Lipinski definition) is 2. The largest absolute Gasteiger partial charge is 0.508 e. The monoisotopic (exact) mass is 346 g/mol. The van der Waals surface area contributed by atoms with Crippen molar-refractivity contribution < 1.29 is 10.2 Å². The highest BCUT2D eigenvalue weighted by Crippen LogP contribution is 2.48. The van der Waals surface area contributed by atoms with Crippen LogP contribution in [0.5, 0.6) is 11.5 Å². The van der Waals surface area contributed by atoms with Gasteiger partial charge in [0.05, 0.1) is 0 Å². The molecule has 0 aromatic heterocycles. The molecule has 0 unspecified atom stereocenters. The van der Waals surface area contributed by atoms with Crippen LogP contribution in [0.1, 0.15) is 49.9 Å². The summed E-state index contributed by atoms with van der Waals surface area (Å²) in [6, 6.07) is 23.4. The predicted molar refractivity (Wildman–Crippen MR) is 107 cm³/mol. The quantitative estimate of drug-likeness (QED) is 0.591. The fraction of sp³-hybridized carbons (Fsp3) is 0.250. The van der Waals surface area contributed by atoms with Gasteiger partial charge in [0.1, 0.15) is 11.5 Å². The van der Waals surface area contributed by atoms with Crippen molar-refractivity contribution in [2.75, 3.05) is 0 Å². The molecular formula is C24H26O2. The Hall–Kier alpha value is -2.74. The molecule has 3 aromatic rings. The first-order chi connectivity index (χ1) is 12.3. The third-order valence-electron chi connectivity index (χ3n) is 5.40. The van der Waals surface area contributed by atoms with Gasteiger partial charge in [0.15, 0.2) is 0 Å². The zero-order valence-corrected chi connectivity index (χ0v) is 15.8. The van der Waals surface area contributed by atoms with E-state index in [1.54, 1.807) is 12.1 Å². The Bertz CT molecular complexity index is 818. The molecule has 134 valence electrons. The summed E-state index contributed by atoms with van der Waals surface area (Å²) in [5.41, 5.74) is 2.77. The molecule has 0 saturated heterocycles. The second kappa shape index (κ2) is 6.53. The van der Waals surface area contributed by atoms with Gasteiger partial charge in [-0.2, -0.15) is 0 Å². The number of phenolic OH excluding ortho intramolecular Hbond substituents is 2. The van der Waals surface area contributed by atoms with E-state index >= 15 is 0 Å². The molecule has 3 rings (SSSR count).